The van der Waals surface area contributed by atoms with E-state index in [1.807, 2.05) is 30.3 Å². The number of hydrogen-bond acceptors (Lipinski definition) is 4. The lowest BCUT2D eigenvalue weighted by Gasteiger charge is -2.11. The van der Waals surface area contributed by atoms with E-state index < -0.39 is 0 Å². The number of halogens is 2. The molecular formula is C18H13Cl2NO2S2. The van der Waals surface area contributed by atoms with Crippen LogP contribution in [-0.4, -0.2) is 22.2 Å². The zero-order valence-corrected chi connectivity index (χ0v) is 16.3. The molecule has 0 aliphatic carbocycles. The van der Waals surface area contributed by atoms with Gasteiger partial charge in [0.15, 0.2) is 0 Å². The molecule has 1 aliphatic heterocycles. The smallest absolute Gasteiger partial charge is 0.265 e. The third-order valence-electron chi connectivity index (χ3n) is 3.59. The molecule has 1 fully saturated rings. The molecule has 1 aliphatic rings. The van der Waals surface area contributed by atoms with Gasteiger partial charge in [-0.15, -0.1) is 0 Å². The van der Waals surface area contributed by atoms with E-state index in [9.17, 15) is 4.79 Å². The van der Waals surface area contributed by atoms with Gasteiger partial charge in [-0.05, 0) is 24.3 Å². The van der Waals surface area contributed by atoms with Crippen LogP contribution in [0.4, 0.5) is 0 Å². The molecule has 2 aromatic rings. The number of ether oxygens (including phenoxy) is 1. The summed E-state index contributed by atoms with van der Waals surface area (Å²) in [7, 11) is 1.67. The highest BCUT2D eigenvalue weighted by molar-refractivity contribution is 8.26. The van der Waals surface area contributed by atoms with E-state index in [2.05, 4.69) is 0 Å². The van der Waals surface area contributed by atoms with Crippen molar-refractivity contribution >= 4 is 63.5 Å². The third-order valence-corrected chi connectivity index (χ3v) is 5.66. The summed E-state index contributed by atoms with van der Waals surface area (Å²) in [5, 5.41) is 1.13. The number of likely N-dealkylation sites (N-methyl/N-ethyl adjacent to an activating group) is 1. The van der Waals surface area contributed by atoms with Crippen LogP contribution < -0.4 is 4.74 Å². The first-order valence-corrected chi connectivity index (χ1v) is 9.31. The summed E-state index contributed by atoms with van der Waals surface area (Å²) in [6.07, 6.45) is 1.79. The van der Waals surface area contributed by atoms with Gasteiger partial charge in [0.25, 0.3) is 5.91 Å². The molecule has 0 aromatic heterocycles. The van der Waals surface area contributed by atoms with E-state index in [-0.39, 0.29) is 5.91 Å². The minimum atomic E-state index is -0.106. The van der Waals surface area contributed by atoms with Gasteiger partial charge in [0.05, 0.1) is 4.91 Å². The number of hydrogen-bond donors (Lipinski definition) is 0. The van der Waals surface area contributed by atoms with E-state index in [0.717, 1.165) is 11.1 Å². The fourth-order valence-electron chi connectivity index (χ4n) is 2.21. The van der Waals surface area contributed by atoms with Crippen molar-refractivity contribution in [2.45, 2.75) is 6.61 Å². The highest BCUT2D eigenvalue weighted by Gasteiger charge is 2.28. The Kier molecular flexibility index (Phi) is 5.69. The van der Waals surface area contributed by atoms with Crippen LogP contribution in [0.25, 0.3) is 6.08 Å². The van der Waals surface area contributed by atoms with Crippen molar-refractivity contribution < 1.29 is 9.53 Å². The second-order valence-corrected chi connectivity index (χ2v) is 7.82. The van der Waals surface area contributed by atoms with Crippen LogP contribution in [0.1, 0.15) is 11.1 Å². The molecule has 0 spiro atoms. The van der Waals surface area contributed by atoms with Crippen LogP contribution in [-0.2, 0) is 11.4 Å². The van der Waals surface area contributed by atoms with Gasteiger partial charge in [-0.1, -0.05) is 71.4 Å². The highest BCUT2D eigenvalue weighted by atomic mass is 35.5. The van der Waals surface area contributed by atoms with Gasteiger partial charge < -0.3 is 4.74 Å². The van der Waals surface area contributed by atoms with Gasteiger partial charge in [-0.2, -0.15) is 0 Å². The third kappa shape index (κ3) is 4.18. The fraction of sp³-hybridized carbons (Fsp3) is 0.111. The van der Waals surface area contributed by atoms with Gasteiger partial charge in [0, 0.05) is 28.2 Å². The normalized spacial score (nSPS) is 16.0. The molecule has 25 heavy (non-hydrogen) atoms. The summed E-state index contributed by atoms with van der Waals surface area (Å²) in [5.74, 6) is 0.556. The largest absolute Gasteiger partial charge is 0.488 e. The summed E-state index contributed by atoms with van der Waals surface area (Å²) in [5.41, 5.74) is 1.64. The molecule has 128 valence electrons. The fourth-order valence-corrected chi connectivity index (χ4v) is 3.85. The Morgan fingerprint density at radius 2 is 2.00 bits per heavy atom. The number of nitrogens with zero attached hydrogens (tertiary/aromatic N) is 1. The van der Waals surface area contributed by atoms with E-state index in [1.54, 1.807) is 25.3 Å². The molecule has 0 bridgehead atoms. The number of carbonyl (C=O) groups excluding carboxylic acids is 1. The first-order valence-electron chi connectivity index (χ1n) is 7.33. The first kappa shape index (κ1) is 18.3. The standard InChI is InChI=1S/C18H13Cl2NO2S2/c1-21-17(22)16(25-18(21)24)8-11-4-2-3-5-15(11)23-10-12-6-7-13(19)9-14(12)20/h2-9H,10H2,1H3/b16-8-. The average molecular weight is 410 g/mol. The van der Waals surface area contributed by atoms with Gasteiger partial charge in [-0.3, -0.25) is 9.69 Å². The number of thioether (sulfide) groups is 1. The Hall–Kier alpha value is -1.53. The Morgan fingerprint density at radius 1 is 1.24 bits per heavy atom. The molecule has 1 heterocycles. The maximum atomic E-state index is 12.2. The first-order chi connectivity index (χ1) is 12.0. The van der Waals surface area contributed by atoms with Gasteiger partial charge in [0.2, 0.25) is 0 Å². The van der Waals surface area contributed by atoms with Gasteiger partial charge in [0.1, 0.15) is 16.7 Å². The Morgan fingerprint density at radius 3 is 2.68 bits per heavy atom. The monoisotopic (exact) mass is 409 g/mol. The van der Waals surface area contributed by atoms with Crippen LogP contribution in [0.15, 0.2) is 47.4 Å². The van der Waals surface area contributed by atoms with Crippen molar-refractivity contribution in [3.05, 3.63) is 68.5 Å². The lowest BCUT2D eigenvalue weighted by atomic mass is 10.1. The highest BCUT2D eigenvalue weighted by Crippen LogP contribution is 2.33. The van der Waals surface area contributed by atoms with Crippen LogP contribution in [0.3, 0.4) is 0 Å². The van der Waals surface area contributed by atoms with E-state index in [0.29, 0.717) is 31.6 Å². The second-order valence-electron chi connectivity index (χ2n) is 5.30. The Balaban J connectivity index is 1.82. The minimum absolute atomic E-state index is 0.106. The van der Waals surface area contributed by atoms with Crippen molar-refractivity contribution in [2.75, 3.05) is 7.05 Å². The van der Waals surface area contributed by atoms with Crippen molar-refractivity contribution in [1.82, 2.24) is 4.90 Å². The molecule has 0 N–H and O–H groups in total. The number of rotatable bonds is 4. The molecular weight excluding hydrogens is 397 g/mol. The number of carbonyl (C=O) groups is 1. The maximum absolute atomic E-state index is 12.2. The van der Waals surface area contributed by atoms with E-state index >= 15 is 0 Å². The molecule has 0 saturated carbocycles. The SMILES string of the molecule is CN1C(=O)/C(=C/c2ccccc2OCc2ccc(Cl)cc2Cl)SC1=S. The maximum Gasteiger partial charge on any atom is 0.265 e. The molecule has 0 unspecified atom stereocenters. The summed E-state index contributed by atoms with van der Waals surface area (Å²) < 4.78 is 6.45. The minimum Gasteiger partial charge on any atom is -0.488 e. The second kappa shape index (κ2) is 7.79. The summed E-state index contributed by atoms with van der Waals surface area (Å²) >= 11 is 18.5. The molecule has 2 aromatic carbocycles. The van der Waals surface area contributed by atoms with Crippen LogP contribution in [0.5, 0.6) is 5.75 Å². The summed E-state index contributed by atoms with van der Waals surface area (Å²) in [4.78, 5) is 14.2. The van der Waals surface area contributed by atoms with Gasteiger partial charge in [-0.25, -0.2) is 0 Å². The molecule has 1 amide bonds. The average Bonchev–Trinajstić information content (AvgIpc) is 2.82. The van der Waals surface area contributed by atoms with Crippen molar-refractivity contribution in [3.8, 4) is 5.75 Å². The van der Waals surface area contributed by atoms with E-state index in [1.165, 1.54) is 16.7 Å². The summed E-state index contributed by atoms with van der Waals surface area (Å²) in [6.45, 7) is 0.301. The zero-order chi connectivity index (χ0) is 18.0. The summed E-state index contributed by atoms with van der Waals surface area (Å²) in [6, 6.07) is 12.8. The Bertz CT molecular complexity index is 883. The quantitative estimate of drug-likeness (QED) is 0.499. The number of para-hydroxylation sites is 1. The lowest BCUT2D eigenvalue weighted by Crippen LogP contribution is -2.22. The van der Waals surface area contributed by atoms with Crippen molar-refractivity contribution in [2.24, 2.45) is 0 Å². The molecule has 0 atom stereocenters. The lowest BCUT2D eigenvalue weighted by molar-refractivity contribution is -0.121. The zero-order valence-electron chi connectivity index (χ0n) is 13.2. The molecule has 3 rings (SSSR count). The van der Waals surface area contributed by atoms with Crippen LogP contribution in [0, 0.1) is 0 Å². The van der Waals surface area contributed by atoms with E-state index in [4.69, 9.17) is 40.2 Å². The molecule has 0 radical (unpaired) electrons. The van der Waals surface area contributed by atoms with Crippen molar-refractivity contribution in [1.29, 1.82) is 0 Å². The topological polar surface area (TPSA) is 29.5 Å². The Labute approximate surface area is 165 Å². The molecule has 7 heteroatoms. The van der Waals surface area contributed by atoms with Gasteiger partial charge >= 0.3 is 0 Å². The number of thiocarbonyl (C=S) groups is 1. The van der Waals surface area contributed by atoms with Crippen LogP contribution >= 0.6 is 47.2 Å². The number of benzene rings is 2. The molecule has 1 saturated heterocycles. The molecule has 3 nitrogen and oxygen atoms in total. The van der Waals surface area contributed by atoms with Crippen LogP contribution in [0.2, 0.25) is 10.0 Å². The number of amides is 1. The van der Waals surface area contributed by atoms with Crippen molar-refractivity contribution in [3.63, 3.8) is 0 Å². The predicted octanol–water partition coefficient (Wildman–Crippen LogP) is 5.40. The predicted molar refractivity (Wildman–Crippen MR) is 108 cm³/mol.